The van der Waals surface area contributed by atoms with Crippen LogP contribution < -0.4 is 5.32 Å². The molecule has 21 heavy (non-hydrogen) atoms. The summed E-state index contributed by atoms with van der Waals surface area (Å²) in [5.41, 5.74) is 1.12. The summed E-state index contributed by atoms with van der Waals surface area (Å²) in [4.78, 5) is 22.4. The molecule has 104 valence electrons. The molecule has 1 amide bonds. The second-order valence-electron chi connectivity index (χ2n) is 4.35. The van der Waals surface area contributed by atoms with Crippen LogP contribution in [-0.4, -0.2) is 20.7 Å². The van der Waals surface area contributed by atoms with Crippen molar-refractivity contribution in [3.8, 4) is 0 Å². The van der Waals surface area contributed by atoms with E-state index in [-0.39, 0.29) is 5.69 Å². The fourth-order valence-electron chi connectivity index (χ4n) is 1.99. The van der Waals surface area contributed by atoms with Crippen LogP contribution in [-0.2, 0) is 0 Å². The van der Waals surface area contributed by atoms with Crippen molar-refractivity contribution in [2.24, 2.45) is 0 Å². The van der Waals surface area contributed by atoms with Gasteiger partial charge in [-0.05, 0) is 18.2 Å². The number of hydrogen-bond acceptors (Lipinski definition) is 4. The van der Waals surface area contributed by atoms with Gasteiger partial charge in [-0.1, -0.05) is 18.2 Å². The molecular weight excluding hydrogens is 272 g/mol. The number of anilines is 1. The Hall–Kier alpha value is -3.22. The van der Waals surface area contributed by atoms with Crippen LogP contribution in [0.5, 0.6) is 0 Å². The number of carbonyl (C=O) groups excluding carboxylic acids is 1. The molecule has 0 radical (unpaired) electrons. The predicted octanol–water partition coefficient (Wildman–Crippen LogP) is 3.02. The SMILES string of the molecule is O=C(Nc1ccccc1)n1ncc2cc([N+](=O)[O-])ccc21. The van der Waals surface area contributed by atoms with E-state index in [9.17, 15) is 14.9 Å². The molecule has 0 fully saturated rings. The van der Waals surface area contributed by atoms with Crippen molar-refractivity contribution < 1.29 is 9.72 Å². The molecule has 0 bridgehead atoms. The topological polar surface area (TPSA) is 90.1 Å². The largest absolute Gasteiger partial charge is 0.347 e. The molecular formula is C14H10N4O3. The van der Waals surface area contributed by atoms with E-state index in [0.29, 0.717) is 16.6 Å². The van der Waals surface area contributed by atoms with Crippen LogP contribution in [0.2, 0.25) is 0 Å². The number of rotatable bonds is 2. The number of fused-ring (bicyclic) bond motifs is 1. The van der Waals surface area contributed by atoms with Gasteiger partial charge in [0.2, 0.25) is 0 Å². The Morgan fingerprint density at radius 2 is 1.95 bits per heavy atom. The van der Waals surface area contributed by atoms with E-state index >= 15 is 0 Å². The molecule has 1 N–H and O–H groups in total. The number of non-ortho nitro benzene ring substituents is 1. The molecule has 1 aromatic heterocycles. The molecule has 7 heteroatoms. The van der Waals surface area contributed by atoms with E-state index < -0.39 is 11.0 Å². The number of nitro groups is 1. The summed E-state index contributed by atoms with van der Waals surface area (Å²) in [7, 11) is 0. The molecule has 0 aliphatic carbocycles. The first-order chi connectivity index (χ1) is 10.1. The average Bonchev–Trinajstić information content (AvgIpc) is 2.91. The van der Waals surface area contributed by atoms with Gasteiger partial charge in [0.1, 0.15) is 0 Å². The highest BCUT2D eigenvalue weighted by Gasteiger charge is 2.13. The van der Waals surface area contributed by atoms with Crippen LogP contribution in [0.4, 0.5) is 16.2 Å². The zero-order valence-corrected chi connectivity index (χ0v) is 10.8. The summed E-state index contributed by atoms with van der Waals surface area (Å²) in [6, 6.07) is 12.8. The van der Waals surface area contributed by atoms with Gasteiger partial charge in [-0.15, -0.1) is 0 Å². The maximum atomic E-state index is 12.2. The molecule has 0 saturated heterocycles. The van der Waals surface area contributed by atoms with Gasteiger partial charge >= 0.3 is 6.03 Å². The van der Waals surface area contributed by atoms with E-state index in [0.717, 1.165) is 0 Å². The van der Waals surface area contributed by atoms with Gasteiger partial charge < -0.3 is 5.32 Å². The molecule has 0 atom stereocenters. The zero-order valence-electron chi connectivity index (χ0n) is 10.8. The van der Waals surface area contributed by atoms with Gasteiger partial charge in [0.05, 0.1) is 16.6 Å². The third-order valence-corrected chi connectivity index (χ3v) is 2.98. The second kappa shape index (κ2) is 5.04. The Morgan fingerprint density at radius 1 is 1.19 bits per heavy atom. The van der Waals surface area contributed by atoms with Crippen molar-refractivity contribution in [2.75, 3.05) is 5.32 Å². The first-order valence-electron chi connectivity index (χ1n) is 6.14. The number of para-hydroxylation sites is 1. The van der Waals surface area contributed by atoms with E-state index in [2.05, 4.69) is 10.4 Å². The van der Waals surface area contributed by atoms with Crippen molar-refractivity contribution in [2.45, 2.75) is 0 Å². The zero-order chi connectivity index (χ0) is 14.8. The highest BCUT2D eigenvalue weighted by atomic mass is 16.6. The van der Waals surface area contributed by atoms with Gasteiger partial charge in [-0.25, -0.2) is 4.79 Å². The van der Waals surface area contributed by atoms with Crippen molar-refractivity contribution in [1.82, 2.24) is 9.78 Å². The normalized spacial score (nSPS) is 10.5. The predicted molar refractivity (Wildman–Crippen MR) is 77.2 cm³/mol. The van der Waals surface area contributed by atoms with Crippen LogP contribution in [0.1, 0.15) is 0 Å². The standard InChI is InChI=1S/C14H10N4O3/c19-14(16-11-4-2-1-3-5-11)17-13-7-6-12(18(20)21)8-10(13)9-15-17/h1-9H,(H,16,19). The lowest BCUT2D eigenvalue weighted by atomic mass is 10.2. The van der Waals surface area contributed by atoms with Crippen molar-refractivity contribution in [3.63, 3.8) is 0 Å². The highest BCUT2D eigenvalue weighted by molar-refractivity contribution is 5.97. The van der Waals surface area contributed by atoms with Crippen LogP contribution in [0.15, 0.2) is 54.7 Å². The third-order valence-electron chi connectivity index (χ3n) is 2.98. The minimum Gasteiger partial charge on any atom is -0.306 e. The molecule has 7 nitrogen and oxygen atoms in total. The van der Waals surface area contributed by atoms with Gasteiger partial charge in [-0.2, -0.15) is 9.78 Å². The lowest BCUT2D eigenvalue weighted by Crippen LogP contribution is -2.20. The van der Waals surface area contributed by atoms with Gasteiger partial charge in [0.25, 0.3) is 5.69 Å². The quantitative estimate of drug-likeness (QED) is 0.577. The molecule has 3 aromatic rings. The molecule has 3 rings (SSSR count). The molecule has 1 heterocycles. The Bertz CT molecular complexity index is 827. The van der Waals surface area contributed by atoms with Crippen LogP contribution in [0.25, 0.3) is 10.9 Å². The van der Waals surface area contributed by atoms with E-state index in [1.165, 1.54) is 29.1 Å². The van der Waals surface area contributed by atoms with Crippen molar-refractivity contribution >= 4 is 28.3 Å². The summed E-state index contributed by atoms with van der Waals surface area (Å²) < 4.78 is 1.17. The smallest absolute Gasteiger partial charge is 0.306 e. The fraction of sp³-hybridized carbons (Fsp3) is 0. The number of carbonyl (C=O) groups is 1. The number of nitro benzene ring substituents is 1. The first kappa shape index (κ1) is 12.8. The minimum absolute atomic E-state index is 0.0366. The van der Waals surface area contributed by atoms with Gasteiger partial charge in [-0.3, -0.25) is 10.1 Å². The second-order valence-corrected chi connectivity index (χ2v) is 4.35. The molecule has 0 aliphatic heterocycles. The number of nitrogens with one attached hydrogen (secondary N) is 1. The fourth-order valence-corrected chi connectivity index (χ4v) is 1.99. The van der Waals surface area contributed by atoms with Crippen LogP contribution in [0, 0.1) is 10.1 Å². The van der Waals surface area contributed by atoms with E-state index in [1.54, 1.807) is 24.3 Å². The monoisotopic (exact) mass is 282 g/mol. The Labute approximate surface area is 119 Å². The van der Waals surface area contributed by atoms with E-state index in [1.807, 2.05) is 6.07 Å². The molecule has 0 spiro atoms. The highest BCUT2D eigenvalue weighted by Crippen LogP contribution is 2.20. The van der Waals surface area contributed by atoms with Crippen molar-refractivity contribution in [1.29, 1.82) is 0 Å². The summed E-state index contributed by atoms with van der Waals surface area (Å²) in [6.45, 7) is 0. The Balaban J connectivity index is 1.94. The third kappa shape index (κ3) is 2.44. The average molecular weight is 282 g/mol. The van der Waals surface area contributed by atoms with Crippen LogP contribution in [0.3, 0.4) is 0 Å². The Kier molecular flexibility index (Phi) is 3.07. The number of hydrogen-bond donors (Lipinski definition) is 1. The first-order valence-corrected chi connectivity index (χ1v) is 6.14. The number of amides is 1. The minimum atomic E-state index is -0.485. The molecule has 0 aliphatic rings. The maximum Gasteiger partial charge on any atom is 0.347 e. The van der Waals surface area contributed by atoms with Crippen LogP contribution >= 0.6 is 0 Å². The number of aromatic nitrogens is 2. The maximum absolute atomic E-state index is 12.2. The van der Waals surface area contributed by atoms with Crippen molar-refractivity contribution in [3.05, 3.63) is 64.8 Å². The van der Waals surface area contributed by atoms with E-state index in [4.69, 9.17) is 0 Å². The summed E-state index contributed by atoms with van der Waals surface area (Å²) >= 11 is 0. The summed E-state index contributed by atoms with van der Waals surface area (Å²) in [5, 5.41) is 17.9. The number of benzene rings is 2. The van der Waals surface area contributed by atoms with Gasteiger partial charge in [0, 0.05) is 23.2 Å². The summed E-state index contributed by atoms with van der Waals surface area (Å²) in [6.07, 6.45) is 1.42. The lowest BCUT2D eigenvalue weighted by Gasteiger charge is -2.05. The molecule has 0 saturated carbocycles. The van der Waals surface area contributed by atoms with Gasteiger partial charge in [0.15, 0.2) is 0 Å². The lowest BCUT2D eigenvalue weighted by molar-refractivity contribution is -0.384. The summed E-state index contributed by atoms with van der Waals surface area (Å²) in [5.74, 6) is 0. The number of nitrogens with zero attached hydrogens (tertiary/aromatic N) is 3. The molecule has 2 aromatic carbocycles. The Morgan fingerprint density at radius 3 is 2.67 bits per heavy atom. The molecule has 0 unspecified atom stereocenters.